The molecule has 2 aliphatic rings. The normalized spacial score (nSPS) is 24.9. The van der Waals surface area contributed by atoms with Crippen LogP contribution in [0.25, 0.3) is 0 Å². The highest BCUT2D eigenvalue weighted by molar-refractivity contribution is 7.99. The number of hydrogen-bond acceptors (Lipinski definition) is 3. The Morgan fingerprint density at radius 1 is 1.26 bits per heavy atom. The van der Waals surface area contributed by atoms with Gasteiger partial charge in [0.1, 0.15) is 5.37 Å². The fourth-order valence-corrected chi connectivity index (χ4v) is 5.48. The van der Waals surface area contributed by atoms with Crippen LogP contribution in [-0.4, -0.2) is 23.1 Å². The van der Waals surface area contributed by atoms with Crippen molar-refractivity contribution in [1.29, 1.82) is 0 Å². The van der Waals surface area contributed by atoms with Crippen molar-refractivity contribution in [3.63, 3.8) is 0 Å². The summed E-state index contributed by atoms with van der Waals surface area (Å²) in [5.41, 5.74) is 0. The first-order chi connectivity index (χ1) is 9.25. The number of amides is 1. The van der Waals surface area contributed by atoms with Gasteiger partial charge in [-0.2, -0.15) is 0 Å². The second-order valence-corrected chi connectivity index (χ2v) is 8.05. The molecule has 1 amide bonds. The molecular formula is C15H21NOS2. The molecule has 0 N–H and O–H groups in total. The Bertz CT molecular complexity index is 451. The molecule has 0 unspecified atom stereocenters. The molecule has 104 valence electrons. The van der Waals surface area contributed by atoms with Crippen LogP contribution in [0.4, 0.5) is 0 Å². The predicted octanol–water partition coefficient (Wildman–Crippen LogP) is 4.21. The third kappa shape index (κ3) is 2.84. The topological polar surface area (TPSA) is 20.3 Å². The average molecular weight is 295 g/mol. The van der Waals surface area contributed by atoms with E-state index in [1.54, 1.807) is 0 Å². The summed E-state index contributed by atoms with van der Waals surface area (Å²) in [7, 11) is 0. The molecule has 0 aromatic carbocycles. The molecule has 0 spiro atoms. The van der Waals surface area contributed by atoms with E-state index in [1.165, 1.54) is 29.0 Å². The zero-order valence-electron chi connectivity index (χ0n) is 11.4. The van der Waals surface area contributed by atoms with Gasteiger partial charge in [-0.3, -0.25) is 4.79 Å². The minimum Gasteiger partial charge on any atom is -0.325 e. The van der Waals surface area contributed by atoms with Crippen molar-refractivity contribution < 1.29 is 4.79 Å². The van der Waals surface area contributed by atoms with Gasteiger partial charge in [-0.1, -0.05) is 19.3 Å². The van der Waals surface area contributed by atoms with E-state index in [9.17, 15) is 4.79 Å². The van der Waals surface area contributed by atoms with Crippen LogP contribution >= 0.6 is 23.1 Å². The molecule has 0 bridgehead atoms. The van der Waals surface area contributed by atoms with Crippen LogP contribution < -0.4 is 0 Å². The van der Waals surface area contributed by atoms with Gasteiger partial charge in [0.15, 0.2) is 0 Å². The van der Waals surface area contributed by atoms with Crippen molar-refractivity contribution in [3.8, 4) is 0 Å². The van der Waals surface area contributed by atoms with E-state index in [1.807, 2.05) is 23.1 Å². The maximum atomic E-state index is 12.7. The molecule has 1 atom stereocenters. The van der Waals surface area contributed by atoms with Gasteiger partial charge in [-0.05, 0) is 31.9 Å². The smallest absolute Gasteiger partial charge is 0.226 e. The van der Waals surface area contributed by atoms with Gasteiger partial charge >= 0.3 is 0 Å². The van der Waals surface area contributed by atoms with Crippen LogP contribution in [0.2, 0.25) is 0 Å². The zero-order chi connectivity index (χ0) is 13.2. The van der Waals surface area contributed by atoms with Crippen LogP contribution in [-0.2, 0) is 4.79 Å². The van der Waals surface area contributed by atoms with Gasteiger partial charge in [-0.25, -0.2) is 0 Å². The summed E-state index contributed by atoms with van der Waals surface area (Å²) >= 11 is 3.76. The van der Waals surface area contributed by atoms with Gasteiger partial charge in [0.05, 0.1) is 0 Å². The Kier molecular flexibility index (Phi) is 4.18. The Morgan fingerprint density at radius 2 is 2.05 bits per heavy atom. The van der Waals surface area contributed by atoms with E-state index in [2.05, 4.69) is 24.0 Å². The van der Waals surface area contributed by atoms with Crippen LogP contribution in [0.3, 0.4) is 0 Å². The molecular weight excluding hydrogens is 274 g/mol. The minimum atomic E-state index is 0.285. The standard InChI is InChI=1S/C15H21NOS2/c1-11-7-8-13(19-11)15-16(9-10-18-15)14(17)12-5-3-2-4-6-12/h7-8,12,15H,2-6,9-10H2,1H3/t15-/m0/s1. The summed E-state index contributed by atoms with van der Waals surface area (Å²) in [6.45, 7) is 3.07. The second-order valence-electron chi connectivity index (χ2n) is 5.54. The number of carbonyl (C=O) groups is 1. The number of carbonyl (C=O) groups excluding carboxylic acids is 1. The van der Waals surface area contributed by atoms with Crippen LogP contribution in [0.1, 0.15) is 47.2 Å². The summed E-state index contributed by atoms with van der Waals surface area (Å²) in [5.74, 6) is 1.80. The van der Waals surface area contributed by atoms with Crippen molar-refractivity contribution in [2.75, 3.05) is 12.3 Å². The lowest BCUT2D eigenvalue weighted by molar-refractivity contribution is -0.136. The molecule has 2 nitrogen and oxygen atoms in total. The summed E-state index contributed by atoms with van der Waals surface area (Å²) in [4.78, 5) is 17.5. The molecule has 1 aromatic rings. The molecule has 1 aromatic heterocycles. The molecule has 1 aliphatic carbocycles. The highest BCUT2D eigenvalue weighted by Gasteiger charge is 2.35. The number of hydrogen-bond donors (Lipinski definition) is 0. The van der Waals surface area contributed by atoms with Crippen LogP contribution in [0.5, 0.6) is 0 Å². The van der Waals surface area contributed by atoms with E-state index in [-0.39, 0.29) is 5.37 Å². The van der Waals surface area contributed by atoms with Crippen LogP contribution in [0, 0.1) is 12.8 Å². The van der Waals surface area contributed by atoms with Gasteiger partial charge in [0, 0.05) is 28.0 Å². The van der Waals surface area contributed by atoms with Crippen molar-refractivity contribution in [2.45, 2.75) is 44.4 Å². The third-order valence-electron chi connectivity index (χ3n) is 4.13. The maximum Gasteiger partial charge on any atom is 0.226 e. The van der Waals surface area contributed by atoms with E-state index in [0.717, 1.165) is 25.1 Å². The second kappa shape index (κ2) is 5.88. The molecule has 1 saturated carbocycles. The van der Waals surface area contributed by atoms with Crippen molar-refractivity contribution in [1.82, 2.24) is 4.90 Å². The molecule has 19 heavy (non-hydrogen) atoms. The number of thioether (sulfide) groups is 1. The van der Waals surface area contributed by atoms with Crippen molar-refractivity contribution in [3.05, 3.63) is 21.9 Å². The first-order valence-electron chi connectivity index (χ1n) is 7.24. The van der Waals surface area contributed by atoms with Crippen molar-refractivity contribution in [2.24, 2.45) is 5.92 Å². The van der Waals surface area contributed by atoms with E-state index in [0.29, 0.717) is 11.8 Å². The monoisotopic (exact) mass is 295 g/mol. The molecule has 4 heteroatoms. The molecule has 2 fully saturated rings. The van der Waals surface area contributed by atoms with Crippen LogP contribution in [0.15, 0.2) is 12.1 Å². The number of nitrogens with zero attached hydrogens (tertiary/aromatic N) is 1. The molecule has 3 rings (SSSR count). The molecule has 1 aliphatic heterocycles. The van der Waals surface area contributed by atoms with E-state index >= 15 is 0 Å². The Labute approximate surface area is 123 Å². The SMILES string of the molecule is Cc1ccc([C@@H]2SCCN2C(=O)C2CCCCC2)s1. The predicted molar refractivity (Wildman–Crippen MR) is 82.5 cm³/mol. The summed E-state index contributed by atoms with van der Waals surface area (Å²) in [6, 6.07) is 4.37. The Hall–Kier alpha value is -0.480. The number of aryl methyl sites for hydroxylation is 1. The first-order valence-corrected chi connectivity index (χ1v) is 9.10. The van der Waals surface area contributed by atoms with Gasteiger partial charge < -0.3 is 4.90 Å². The third-order valence-corrected chi connectivity index (χ3v) is 6.58. The fraction of sp³-hybridized carbons (Fsp3) is 0.667. The number of rotatable bonds is 2. The molecule has 1 saturated heterocycles. The maximum absolute atomic E-state index is 12.7. The highest BCUT2D eigenvalue weighted by Crippen LogP contribution is 2.42. The number of thiophene rings is 1. The molecule has 2 heterocycles. The van der Waals surface area contributed by atoms with Gasteiger partial charge in [0.2, 0.25) is 5.91 Å². The summed E-state index contributed by atoms with van der Waals surface area (Å²) in [6.07, 6.45) is 6.00. The van der Waals surface area contributed by atoms with Gasteiger partial charge in [-0.15, -0.1) is 23.1 Å². The zero-order valence-corrected chi connectivity index (χ0v) is 13.1. The summed E-state index contributed by atoms with van der Waals surface area (Å²) in [5, 5.41) is 0.285. The fourth-order valence-electron chi connectivity index (χ4n) is 3.10. The average Bonchev–Trinajstić information content (AvgIpc) is 3.07. The highest BCUT2D eigenvalue weighted by atomic mass is 32.2. The van der Waals surface area contributed by atoms with Crippen molar-refractivity contribution >= 4 is 29.0 Å². The minimum absolute atomic E-state index is 0.285. The van der Waals surface area contributed by atoms with E-state index < -0.39 is 0 Å². The summed E-state index contributed by atoms with van der Waals surface area (Å²) < 4.78 is 0. The Balaban J connectivity index is 1.73. The lowest BCUT2D eigenvalue weighted by Gasteiger charge is -2.29. The van der Waals surface area contributed by atoms with Gasteiger partial charge in [0.25, 0.3) is 0 Å². The first kappa shape index (κ1) is 13.5. The largest absolute Gasteiger partial charge is 0.325 e. The Morgan fingerprint density at radius 3 is 2.74 bits per heavy atom. The van der Waals surface area contributed by atoms with E-state index in [4.69, 9.17) is 0 Å². The lowest BCUT2D eigenvalue weighted by Crippen LogP contribution is -2.36. The molecule has 0 radical (unpaired) electrons. The lowest BCUT2D eigenvalue weighted by atomic mass is 9.88. The quantitative estimate of drug-likeness (QED) is 0.814.